The van der Waals surface area contributed by atoms with Crippen LogP contribution in [0.2, 0.25) is 0 Å². The van der Waals surface area contributed by atoms with E-state index in [0.29, 0.717) is 12.2 Å². The van der Waals surface area contributed by atoms with Gasteiger partial charge >= 0.3 is 0 Å². The quantitative estimate of drug-likeness (QED) is 0.542. The van der Waals surface area contributed by atoms with Crippen molar-refractivity contribution in [2.45, 2.75) is 5.92 Å². The molecule has 0 atom stereocenters. The van der Waals surface area contributed by atoms with Crippen LogP contribution >= 0.6 is 0 Å². The summed E-state index contributed by atoms with van der Waals surface area (Å²) in [5.74, 6) is 0.0313. The Kier molecular flexibility index (Phi) is 4.52. The summed E-state index contributed by atoms with van der Waals surface area (Å²) in [6.45, 7) is 0.544. The van der Waals surface area contributed by atoms with Gasteiger partial charge in [-0.3, -0.25) is 4.79 Å². The lowest BCUT2D eigenvalue weighted by Crippen LogP contribution is -2.29. The first-order valence-corrected chi connectivity index (χ1v) is 8.77. The van der Waals surface area contributed by atoms with Crippen molar-refractivity contribution >= 4 is 16.8 Å². The van der Waals surface area contributed by atoms with Gasteiger partial charge in [-0.2, -0.15) is 0 Å². The van der Waals surface area contributed by atoms with Crippen LogP contribution in [-0.2, 0) is 0 Å². The monoisotopic (exact) mass is 340 g/mol. The van der Waals surface area contributed by atoms with Crippen molar-refractivity contribution < 1.29 is 4.79 Å². The minimum Gasteiger partial charge on any atom is -0.351 e. The summed E-state index contributed by atoms with van der Waals surface area (Å²) < 4.78 is 0. The van der Waals surface area contributed by atoms with Crippen molar-refractivity contribution in [3.05, 3.63) is 108 Å². The molecule has 0 saturated carbocycles. The van der Waals surface area contributed by atoms with E-state index in [1.54, 1.807) is 0 Å². The van der Waals surface area contributed by atoms with Gasteiger partial charge in [0.05, 0.1) is 0 Å². The summed E-state index contributed by atoms with van der Waals surface area (Å²) in [6.07, 6.45) is 0. The van der Waals surface area contributed by atoms with E-state index in [1.807, 2.05) is 66.7 Å². The fraction of sp³-hybridized carbons (Fsp3) is 0.0870. The van der Waals surface area contributed by atoms with Gasteiger partial charge in [-0.15, -0.1) is 0 Å². The smallest absolute Gasteiger partial charge is 0.267 e. The van der Waals surface area contributed by atoms with Crippen LogP contribution in [0.1, 0.15) is 27.5 Å². The molecule has 0 bridgehead atoms. The van der Waals surface area contributed by atoms with Crippen molar-refractivity contribution in [2.24, 2.45) is 0 Å². The molecule has 128 valence electrons. The Labute approximate surface area is 152 Å². The Morgan fingerprint density at radius 1 is 0.808 bits per heavy atom. The number of aromatic nitrogens is 1. The van der Waals surface area contributed by atoms with Gasteiger partial charge in [-0.1, -0.05) is 78.9 Å². The van der Waals surface area contributed by atoms with Crippen LogP contribution in [-0.4, -0.2) is 17.4 Å². The van der Waals surface area contributed by atoms with Gasteiger partial charge in [0, 0.05) is 23.4 Å². The number of amides is 1. The van der Waals surface area contributed by atoms with Gasteiger partial charge in [0.25, 0.3) is 5.91 Å². The van der Waals surface area contributed by atoms with Crippen LogP contribution in [0.4, 0.5) is 0 Å². The molecule has 2 N–H and O–H groups in total. The van der Waals surface area contributed by atoms with E-state index in [4.69, 9.17) is 0 Å². The van der Waals surface area contributed by atoms with Gasteiger partial charge in [-0.05, 0) is 23.3 Å². The van der Waals surface area contributed by atoms with Gasteiger partial charge < -0.3 is 10.3 Å². The number of fused-ring (bicyclic) bond motifs is 1. The largest absolute Gasteiger partial charge is 0.351 e. The maximum absolute atomic E-state index is 12.6. The highest BCUT2D eigenvalue weighted by molar-refractivity contribution is 5.98. The average Bonchev–Trinajstić information content (AvgIpc) is 3.14. The minimum atomic E-state index is -0.0851. The van der Waals surface area contributed by atoms with E-state index >= 15 is 0 Å². The summed E-state index contributed by atoms with van der Waals surface area (Å²) in [7, 11) is 0. The highest BCUT2D eigenvalue weighted by Gasteiger charge is 2.16. The molecular weight excluding hydrogens is 320 g/mol. The molecule has 0 radical (unpaired) electrons. The van der Waals surface area contributed by atoms with E-state index in [-0.39, 0.29) is 11.8 Å². The first kappa shape index (κ1) is 16.2. The molecule has 0 unspecified atom stereocenters. The third-order valence-electron chi connectivity index (χ3n) is 4.65. The molecule has 0 aliphatic rings. The molecule has 26 heavy (non-hydrogen) atoms. The molecule has 0 aliphatic heterocycles. The average molecular weight is 340 g/mol. The van der Waals surface area contributed by atoms with Crippen LogP contribution in [0.25, 0.3) is 10.9 Å². The molecule has 0 saturated heterocycles. The van der Waals surface area contributed by atoms with Gasteiger partial charge in [0.2, 0.25) is 0 Å². The normalized spacial score (nSPS) is 11.0. The fourth-order valence-electron chi connectivity index (χ4n) is 3.28. The predicted molar refractivity (Wildman–Crippen MR) is 105 cm³/mol. The second-order valence-electron chi connectivity index (χ2n) is 6.35. The highest BCUT2D eigenvalue weighted by Crippen LogP contribution is 2.24. The Morgan fingerprint density at radius 3 is 2.00 bits per heavy atom. The van der Waals surface area contributed by atoms with Crippen molar-refractivity contribution in [3.8, 4) is 0 Å². The number of para-hydroxylation sites is 1. The Balaban J connectivity index is 1.55. The second kappa shape index (κ2) is 7.28. The maximum Gasteiger partial charge on any atom is 0.267 e. The van der Waals surface area contributed by atoms with Crippen LogP contribution < -0.4 is 5.32 Å². The molecule has 4 rings (SSSR count). The van der Waals surface area contributed by atoms with Crippen LogP contribution in [0.5, 0.6) is 0 Å². The van der Waals surface area contributed by atoms with Gasteiger partial charge in [0.1, 0.15) is 5.69 Å². The predicted octanol–water partition coefficient (Wildman–Crippen LogP) is 4.73. The third kappa shape index (κ3) is 3.38. The molecule has 0 aliphatic carbocycles. The molecule has 1 aromatic heterocycles. The van der Waals surface area contributed by atoms with E-state index in [1.165, 1.54) is 11.1 Å². The summed E-state index contributed by atoms with van der Waals surface area (Å²) >= 11 is 0. The number of H-pyrrole nitrogens is 1. The van der Waals surface area contributed by atoms with Crippen molar-refractivity contribution in [3.63, 3.8) is 0 Å². The molecular formula is C23H20N2O. The standard InChI is InChI=1S/C23H20N2O/c26-23(22-15-19-13-7-8-14-21(19)25-22)24-16-20(17-9-3-1-4-10-17)18-11-5-2-6-12-18/h1-15,20,25H,16H2,(H,24,26). The Hall–Kier alpha value is -3.33. The lowest BCUT2D eigenvalue weighted by Gasteiger charge is -2.18. The van der Waals surface area contributed by atoms with Crippen molar-refractivity contribution in [1.29, 1.82) is 0 Å². The molecule has 3 aromatic carbocycles. The first-order chi connectivity index (χ1) is 12.8. The zero-order valence-corrected chi connectivity index (χ0v) is 14.4. The summed E-state index contributed by atoms with van der Waals surface area (Å²) in [4.78, 5) is 15.8. The number of benzene rings is 3. The minimum absolute atomic E-state index is 0.0851. The molecule has 3 nitrogen and oxygen atoms in total. The Bertz CT molecular complexity index is 934. The lowest BCUT2D eigenvalue weighted by atomic mass is 9.91. The number of carbonyl (C=O) groups excluding carboxylic acids is 1. The van der Waals surface area contributed by atoms with Crippen molar-refractivity contribution in [2.75, 3.05) is 6.54 Å². The third-order valence-corrected chi connectivity index (χ3v) is 4.65. The number of aromatic amines is 1. The van der Waals surface area contributed by atoms with E-state index in [2.05, 4.69) is 34.6 Å². The second-order valence-corrected chi connectivity index (χ2v) is 6.35. The molecule has 0 fully saturated rings. The topological polar surface area (TPSA) is 44.9 Å². The molecule has 0 spiro atoms. The van der Waals surface area contributed by atoms with Crippen LogP contribution in [0, 0.1) is 0 Å². The van der Waals surface area contributed by atoms with E-state index in [0.717, 1.165) is 10.9 Å². The fourth-order valence-corrected chi connectivity index (χ4v) is 3.28. The van der Waals surface area contributed by atoms with Crippen LogP contribution in [0.15, 0.2) is 91.0 Å². The molecule has 1 amide bonds. The van der Waals surface area contributed by atoms with Crippen LogP contribution in [0.3, 0.4) is 0 Å². The SMILES string of the molecule is O=C(NCC(c1ccccc1)c1ccccc1)c1cc2ccccc2[nH]1. The number of hydrogen-bond acceptors (Lipinski definition) is 1. The maximum atomic E-state index is 12.6. The van der Waals surface area contributed by atoms with Crippen molar-refractivity contribution in [1.82, 2.24) is 10.3 Å². The number of carbonyl (C=O) groups is 1. The zero-order chi connectivity index (χ0) is 17.8. The number of nitrogens with one attached hydrogen (secondary N) is 2. The summed E-state index contributed by atoms with van der Waals surface area (Å²) in [5.41, 5.74) is 3.94. The van der Waals surface area contributed by atoms with E-state index in [9.17, 15) is 4.79 Å². The van der Waals surface area contributed by atoms with E-state index < -0.39 is 0 Å². The molecule has 3 heteroatoms. The van der Waals surface area contributed by atoms with Gasteiger partial charge in [0.15, 0.2) is 0 Å². The summed E-state index contributed by atoms with van der Waals surface area (Å²) in [6, 6.07) is 30.4. The molecule has 4 aromatic rings. The Morgan fingerprint density at radius 2 is 1.38 bits per heavy atom. The lowest BCUT2D eigenvalue weighted by molar-refractivity contribution is 0.0948. The zero-order valence-electron chi connectivity index (χ0n) is 14.4. The number of hydrogen-bond donors (Lipinski definition) is 2. The first-order valence-electron chi connectivity index (χ1n) is 8.77. The number of rotatable bonds is 5. The molecule has 1 heterocycles. The highest BCUT2D eigenvalue weighted by atomic mass is 16.1. The van der Waals surface area contributed by atoms with Gasteiger partial charge in [-0.25, -0.2) is 0 Å². The summed E-state index contributed by atoms with van der Waals surface area (Å²) in [5, 5.41) is 4.13.